The van der Waals surface area contributed by atoms with Crippen molar-refractivity contribution in [2.24, 2.45) is 0 Å². The van der Waals surface area contributed by atoms with E-state index in [1.807, 2.05) is 65.0 Å². The first-order valence-corrected chi connectivity index (χ1v) is 6.52. The average molecular weight is 259 g/mol. The molecule has 1 heterocycles. The van der Waals surface area contributed by atoms with E-state index in [-0.39, 0.29) is 6.09 Å². The number of benzene rings is 1. The van der Waals surface area contributed by atoms with Gasteiger partial charge >= 0.3 is 6.09 Å². The number of amides is 1. The lowest BCUT2D eigenvalue weighted by atomic mass is 9.94. The Balaban J connectivity index is 2.42. The third-order valence-electron chi connectivity index (χ3n) is 3.00. The Labute approximate surface area is 114 Å². The summed E-state index contributed by atoms with van der Waals surface area (Å²) >= 11 is 0. The van der Waals surface area contributed by atoms with Gasteiger partial charge in [-0.1, -0.05) is 30.4 Å². The van der Waals surface area contributed by atoms with Gasteiger partial charge in [-0.3, -0.25) is 4.90 Å². The van der Waals surface area contributed by atoms with Gasteiger partial charge in [-0.2, -0.15) is 0 Å². The molecule has 0 saturated heterocycles. The maximum Gasteiger partial charge on any atom is 0.415 e. The molecular weight excluding hydrogens is 238 g/mol. The molecule has 0 fully saturated rings. The lowest BCUT2D eigenvalue weighted by Gasteiger charge is -2.40. The number of nitrogens with zero attached hydrogens (tertiary/aromatic N) is 1. The van der Waals surface area contributed by atoms with Crippen molar-refractivity contribution < 1.29 is 9.53 Å². The Morgan fingerprint density at radius 3 is 2.47 bits per heavy atom. The van der Waals surface area contributed by atoms with Crippen LogP contribution in [0.15, 0.2) is 30.3 Å². The molecule has 2 rings (SSSR count). The van der Waals surface area contributed by atoms with Gasteiger partial charge in [0.25, 0.3) is 0 Å². The zero-order valence-corrected chi connectivity index (χ0v) is 12.2. The Morgan fingerprint density at radius 2 is 1.84 bits per heavy atom. The molecule has 0 spiro atoms. The van der Waals surface area contributed by atoms with E-state index in [1.54, 1.807) is 4.90 Å². The third kappa shape index (κ3) is 2.80. The number of carbonyl (C=O) groups is 1. The zero-order chi connectivity index (χ0) is 14.3. The number of fused-ring (bicyclic) bond motifs is 1. The highest BCUT2D eigenvalue weighted by atomic mass is 16.6. The van der Waals surface area contributed by atoms with Crippen LogP contribution >= 0.6 is 0 Å². The summed E-state index contributed by atoms with van der Waals surface area (Å²) in [4.78, 5) is 14.2. The second-order valence-electron chi connectivity index (χ2n) is 6.36. The first kappa shape index (κ1) is 13.7. The molecular formula is C16H21NO2. The first-order valence-electron chi connectivity index (χ1n) is 6.52. The van der Waals surface area contributed by atoms with Crippen LogP contribution in [0.4, 0.5) is 10.5 Å². The van der Waals surface area contributed by atoms with E-state index in [0.29, 0.717) is 0 Å². The van der Waals surface area contributed by atoms with Crippen molar-refractivity contribution in [3.8, 4) is 0 Å². The Bertz CT molecular complexity index is 524. The number of para-hydroxylation sites is 1. The fourth-order valence-electron chi connectivity index (χ4n) is 2.15. The van der Waals surface area contributed by atoms with E-state index in [1.165, 1.54) is 0 Å². The highest BCUT2D eigenvalue weighted by molar-refractivity contribution is 5.94. The molecule has 102 valence electrons. The van der Waals surface area contributed by atoms with Crippen LogP contribution in [0, 0.1) is 0 Å². The summed E-state index contributed by atoms with van der Waals surface area (Å²) < 4.78 is 5.52. The van der Waals surface area contributed by atoms with Gasteiger partial charge < -0.3 is 4.74 Å². The van der Waals surface area contributed by atoms with E-state index in [9.17, 15) is 4.79 Å². The highest BCUT2D eigenvalue weighted by Gasteiger charge is 2.36. The normalized spacial score (nSPS) is 17.0. The molecule has 0 aromatic heterocycles. The number of anilines is 1. The van der Waals surface area contributed by atoms with Gasteiger partial charge in [-0.05, 0) is 46.2 Å². The SMILES string of the molecule is CC(C)(C)OC(=O)N1c2ccccc2C=CC1(C)C. The quantitative estimate of drug-likeness (QED) is 0.697. The van der Waals surface area contributed by atoms with Crippen LogP contribution < -0.4 is 4.90 Å². The highest BCUT2D eigenvalue weighted by Crippen LogP contribution is 2.35. The van der Waals surface area contributed by atoms with E-state index in [0.717, 1.165) is 11.3 Å². The fraction of sp³-hybridized carbons (Fsp3) is 0.438. The summed E-state index contributed by atoms with van der Waals surface area (Å²) in [6.07, 6.45) is 3.77. The number of ether oxygens (including phenoxy) is 1. The summed E-state index contributed by atoms with van der Waals surface area (Å²) in [5, 5.41) is 0. The van der Waals surface area contributed by atoms with Crippen molar-refractivity contribution in [1.82, 2.24) is 0 Å². The maximum atomic E-state index is 12.5. The number of rotatable bonds is 0. The zero-order valence-electron chi connectivity index (χ0n) is 12.2. The van der Waals surface area contributed by atoms with Crippen molar-refractivity contribution in [3.63, 3.8) is 0 Å². The van der Waals surface area contributed by atoms with E-state index in [4.69, 9.17) is 4.74 Å². The lowest BCUT2D eigenvalue weighted by Crippen LogP contribution is -2.50. The summed E-state index contributed by atoms with van der Waals surface area (Å²) in [7, 11) is 0. The van der Waals surface area contributed by atoms with Crippen molar-refractivity contribution >= 4 is 17.9 Å². The molecule has 0 aliphatic carbocycles. The number of carbonyl (C=O) groups excluding carboxylic acids is 1. The van der Waals surface area contributed by atoms with Gasteiger partial charge in [-0.15, -0.1) is 0 Å². The molecule has 0 atom stereocenters. The molecule has 3 nitrogen and oxygen atoms in total. The molecule has 3 heteroatoms. The molecule has 1 aliphatic heterocycles. The second-order valence-corrected chi connectivity index (χ2v) is 6.36. The van der Waals surface area contributed by atoms with Crippen LogP contribution in [0.5, 0.6) is 0 Å². The van der Waals surface area contributed by atoms with Gasteiger partial charge in [0.2, 0.25) is 0 Å². The van der Waals surface area contributed by atoms with Crippen molar-refractivity contribution in [2.75, 3.05) is 4.90 Å². The molecule has 1 aliphatic rings. The topological polar surface area (TPSA) is 29.5 Å². The predicted octanol–water partition coefficient (Wildman–Crippen LogP) is 4.23. The molecule has 1 aromatic rings. The molecule has 0 N–H and O–H groups in total. The van der Waals surface area contributed by atoms with Gasteiger partial charge in [0.05, 0.1) is 11.2 Å². The minimum Gasteiger partial charge on any atom is -0.443 e. The van der Waals surface area contributed by atoms with E-state index < -0.39 is 11.1 Å². The second kappa shape index (κ2) is 4.41. The van der Waals surface area contributed by atoms with Gasteiger partial charge in [0.1, 0.15) is 5.60 Å². The van der Waals surface area contributed by atoms with Crippen LogP contribution in [0.3, 0.4) is 0 Å². The number of hydrogen-bond acceptors (Lipinski definition) is 2. The average Bonchev–Trinajstić information content (AvgIpc) is 2.25. The van der Waals surface area contributed by atoms with E-state index >= 15 is 0 Å². The van der Waals surface area contributed by atoms with Crippen LogP contribution in [-0.2, 0) is 4.74 Å². The number of hydrogen-bond donors (Lipinski definition) is 0. The van der Waals surface area contributed by atoms with Gasteiger partial charge in [0, 0.05) is 0 Å². The van der Waals surface area contributed by atoms with Gasteiger partial charge in [-0.25, -0.2) is 4.79 Å². The molecule has 0 bridgehead atoms. The van der Waals surface area contributed by atoms with Crippen LogP contribution in [0.25, 0.3) is 6.08 Å². The summed E-state index contributed by atoms with van der Waals surface area (Å²) in [6.45, 7) is 9.64. The Hall–Kier alpha value is -1.77. The van der Waals surface area contributed by atoms with Crippen molar-refractivity contribution in [3.05, 3.63) is 35.9 Å². The van der Waals surface area contributed by atoms with Crippen LogP contribution in [-0.4, -0.2) is 17.2 Å². The van der Waals surface area contributed by atoms with Crippen LogP contribution in [0.2, 0.25) is 0 Å². The molecule has 1 amide bonds. The van der Waals surface area contributed by atoms with Gasteiger partial charge in [0.15, 0.2) is 0 Å². The smallest absolute Gasteiger partial charge is 0.415 e. The minimum atomic E-state index is -0.497. The monoisotopic (exact) mass is 259 g/mol. The molecule has 19 heavy (non-hydrogen) atoms. The Morgan fingerprint density at radius 1 is 1.21 bits per heavy atom. The molecule has 0 unspecified atom stereocenters. The fourth-order valence-corrected chi connectivity index (χ4v) is 2.15. The van der Waals surface area contributed by atoms with E-state index in [2.05, 4.69) is 6.08 Å². The standard InChI is InChI=1S/C16H21NO2/c1-15(2,3)19-14(18)17-13-9-7-6-8-12(13)10-11-16(17,4)5/h6-11H,1-5H3. The Kier molecular flexibility index (Phi) is 3.17. The largest absolute Gasteiger partial charge is 0.443 e. The lowest BCUT2D eigenvalue weighted by molar-refractivity contribution is 0.0556. The summed E-state index contributed by atoms with van der Waals surface area (Å²) in [5.41, 5.74) is 1.04. The predicted molar refractivity (Wildman–Crippen MR) is 78.3 cm³/mol. The van der Waals surface area contributed by atoms with Crippen molar-refractivity contribution in [2.45, 2.75) is 45.8 Å². The first-order chi connectivity index (χ1) is 8.71. The molecule has 0 radical (unpaired) electrons. The van der Waals surface area contributed by atoms with Crippen LogP contribution in [0.1, 0.15) is 40.2 Å². The molecule has 0 saturated carbocycles. The maximum absolute atomic E-state index is 12.5. The molecule has 1 aromatic carbocycles. The summed E-state index contributed by atoms with van der Waals surface area (Å²) in [5.74, 6) is 0. The van der Waals surface area contributed by atoms with Crippen molar-refractivity contribution in [1.29, 1.82) is 0 Å². The minimum absolute atomic E-state index is 0.311. The summed E-state index contributed by atoms with van der Waals surface area (Å²) in [6, 6.07) is 7.85. The third-order valence-corrected chi connectivity index (χ3v) is 3.00.